The molecule has 0 aromatic rings. The summed E-state index contributed by atoms with van der Waals surface area (Å²) in [4.78, 5) is 2.71. The molecule has 0 bridgehead atoms. The van der Waals surface area contributed by atoms with E-state index in [4.69, 9.17) is 0 Å². The van der Waals surface area contributed by atoms with Crippen LogP contribution in [0.4, 0.5) is 0 Å². The van der Waals surface area contributed by atoms with E-state index >= 15 is 0 Å². The second kappa shape index (κ2) is 1.82. The van der Waals surface area contributed by atoms with Crippen molar-refractivity contribution in [3.8, 4) is 0 Å². The number of fused-ring (bicyclic) bond motifs is 1. The highest BCUT2D eigenvalue weighted by atomic mass is 15.3. The quantitative estimate of drug-likeness (QED) is 0.512. The lowest BCUT2D eigenvalue weighted by Gasteiger charge is -2.24. The molecule has 0 aromatic carbocycles. The summed E-state index contributed by atoms with van der Waals surface area (Å²) in [5.41, 5.74) is 0.732. The molecule has 3 rings (SSSR count). The first kappa shape index (κ1) is 6.47. The summed E-state index contributed by atoms with van der Waals surface area (Å²) < 4.78 is 0. The molecule has 1 aliphatic heterocycles. The molecular formula is C10H17N. The van der Waals surface area contributed by atoms with Crippen LogP contribution >= 0.6 is 0 Å². The summed E-state index contributed by atoms with van der Waals surface area (Å²) in [5.74, 6) is 1.09. The first-order chi connectivity index (χ1) is 5.32. The van der Waals surface area contributed by atoms with Gasteiger partial charge in [0.2, 0.25) is 0 Å². The predicted molar refractivity (Wildman–Crippen MR) is 45.5 cm³/mol. The SMILES string of the molecule is CN1C2CCCC2CC12CC2. The van der Waals surface area contributed by atoms with E-state index in [0.717, 1.165) is 17.5 Å². The minimum atomic E-state index is 0.732. The van der Waals surface area contributed by atoms with Crippen LogP contribution in [0.3, 0.4) is 0 Å². The number of hydrogen-bond acceptors (Lipinski definition) is 1. The Bertz CT molecular complexity index is 183. The number of likely N-dealkylation sites (tertiary alicyclic amines) is 1. The van der Waals surface area contributed by atoms with Gasteiger partial charge in [0.15, 0.2) is 0 Å². The zero-order chi connectivity index (χ0) is 7.47. The Morgan fingerprint density at radius 2 is 2.09 bits per heavy atom. The van der Waals surface area contributed by atoms with Crippen LogP contribution in [0.25, 0.3) is 0 Å². The second-order valence-corrected chi connectivity index (χ2v) is 4.80. The molecule has 3 fully saturated rings. The third-order valence-electron chi connectivity index (χ3n) is 4.33. The van der Waals surface area contributed by atoms with Crippen molar-refractivity contribution in [2.45, 2.75) is 50.1 Å². The van der Waals surface area contributed by atoms with Crippen LogP contribution in [0.1, 0.15) is 38.5 Å². The van der Waals surface area contributed by atoms with E-state index in [1.54, 1.807) is 0 Å². The maximum absolute atomic E-state index is 2.71. The summed E-state index contributed by atoms with van der Waals surface area (Å²) in [6, 6.07) is 0.984. The predicted octanol–water partition coefficient (Wildman–Crippen LogP) is 2.02. The van der Waals surface area contributed by atoms with Gasteiger partial charge in [-0.05, 0) is 45.1 Å². The lowest BCUT2D eigenvalue weighted by Crippen LogP contribution is -2.33. The Morgan fingerprint density at radius 3 is 2.73 bits per heavy atom. The lowest BCUT2D eigenvalue weighted by atomic mass is 10.0. The average molecular weight is 151 g/mol. The molecule has 62 valence electrons. The van der Waals surface area contributed by atoms with Crippen LogP contribution in [0, 0.1) is 5.92 Å². The van der Waals surface area contributed by atoms with Gasteiger partial charge in [0, 0.05) is 11.6 Å². The van der Waals surface area contributed by atoms with E-state index in [1.807, 2.05) is 0 Å². The van der Waals surface area contributed by atoms with Crippen LogP contribution in [0.15, 0.2) is 0 Å². The van der Waals surface area contributed by atoms with E-state index in [-0.39, 0.29) is 0 Å². The monoisotopic (exact) mass is 151 g/mol. The van der Waals surface area contributed by atoms with Crippen molar-refractivity contribution >= 4 is 0 Å². The maximum Gasteiger partial charge on any atom is 0.0214 e. The molecule has 2 saturated carbocycles. The fourth-order valence-electron chi connectivity index (χ4n) is 3.45. The molecular weight excluding hydrogens is 134 g/mol. The summed E-state index contributed by atoms with van der Waals surface area (Å²) in [7, 11) is 2.36. The summed E-state index contributed by atoms with van der Waals surface area (Å²) in [6.07, 6.45) is 9.04. The van der Waals surface area contributed by atoms with E-state index in [9.17, 15) is 0 Å². The van der Waals surface area contributed by atoms with Gasteiger partial charge < -0.3 is 0 Å². The number of nitrogens with zero attached hydrogens (tertiary/aromatic N) is 1. The first-order valence-electron chi connectivity index (χ1n) is 5.05. The zero-order valence-electron chi connectivity index (χ0n) is 7.34. The molecule has 2 atom stereocenters. The molecule has 0 radical (unpaired) electrons. The van der Waals surface area contributed by atoms with Gasteiger partial charge >= 0.3 is 0 Å². The minimum Gasteiger partial charge on any atom is -0.297 e. The fourth-order valence-corrected chi connectivity index (χ4v) is 3.45. The van der Waals surface area contributed by atoms with Crippen molar-refractivity contribution in [3.63, 3.8) is 0 Å². The van der Waals surface area contributed by atoms with Gasteiger partial charge in [-0.1, -0.05) is 6.42 Å². The van der Waals surface area contributed by atoms with E-state index in [2.05, 4.69) is 11.9 Å². The van der Waals surface area contributed by atoms with Gasteiger partial charge in [0.05, 0.1) is 0 Å². The van der Waals surface area contributed by atoms with Crippen LogP contribution in [-0.2, 0) is 0 Å². The third-order valence-corrected chi connectivity index (χ3v) is 4.33. The van der Waals surface area contributed by atoms with Crippen LogP contribution in [0.2, 0.25) is 0 Å². The van der Waals surface area contributed by atoms with Crippen molar-refractivity contribution in [2.24, 2.45) is 5.92 Å². The maximum atomic E-state index is 2.71. The average Bonchev–Trinajstić information content (AvgIpc) is 2.53. The molecule has 1 spiro atoms. The zero-order valence-corrected chi connectivity index (χ0v) is 7.34. The largest absolute Gasteiger partial charge is 0.297 e. The molecule has 0 N–H and O–H groups in total. The molecule has 3 aliphatic rings. The number of rotatable bonds is 0. The van der Waals surface area contributed by atoms with Gasteiger partial charge in [-0.2, -0.15) is 0 Å². The van der Waals surface area contributed by atoms with E-state index in [0.29, 0.717) is 0 Å². The Labute approximate surface area is 68.8 Å². The Kier molecular flexibility index (Phi) is 1.07. The van der Waals surface area contributed by atoms with E-state index in [1.165, 1.54) is 38.5 Å². The Hall–Kier alpha value is -0.0400. The summed E-state index contributed by atoms with van der Waals surface area (Å²) >= 11 is 0. The van der Waals surface area contributed by atoms with Crippen LogP contribution in [-0.4, -0.2) is 23.5 Å². The summed E-state index contributed by atoms with van der Waals surface area (Å²) in [6.45, 7) is 0. The molecule has 11 heavy (non-hydrogen) atoms. The summed E-state index contributed by atoms with van der Waals surface area (Å²) in [5, 5.41) is 0. The normalized spacial score (nSPS) is 46.6. The molecule has 2 unspecified atom stereocenters. The Balaban J connectivity index is 1.88. The van der Waals surface area contributed by atoms with E-state index < -0.39 is 0 Å². The smallest absolute Gasteiger partial charge is 0.0214 e. The van der Waals surface area contributed by atoms with Crippen molar-refractivity contribution in [1.82, 2.24) is 4.90 Å². The molecule has 1 saturated heterocycles. The molecule has 2 aliphatic carbocycles. The molecule has 0 aromatic heterocycles. The molecule has 1 heteroatoms. The fraction of sp³-hybridized carbons (Fsp3) is 1.00. The molecule has 1 heterocycles. The first-order valence-corrected chi connectivity index (χ1v) is 5.05. The Morgan fingerprint density at radius 1 is 1.27 bits per heavy atom. The topological polar surface area (TPSA) is 3.24 Å². The van der Waals surface area contributed by atoms with Crippen LogP contribution in [0.5, 0.6) is 0 Å². The number of hydrogen-bond donors (Lipinski definition) is 0. The van der Waals surface area contributed by atoms with Crippen molar-refractivity contribution in [2.75, 3.05) is 7.05 Å². The van der Waals surface area contributed by atoms with Gasteiger partial charge in [0.25, 0.3) is 0 Å². The van der Waals surface area contributed by atoms with Gasteiger partial charge in [-0.3, -0.25) is 4.90 Å². The lowest BCUT2D eigenvalue weighted by molar-refractivity contribution is 0.218. The van der Waals surface area contributed by atoms with Gasteiger partial charge in [0.1, 0.15) is 0 Å². The minimum absolute atomic E-state index is 0.732. The third kappa shape index (κ3) is 0.703. The second-order valence-electron chi connectivity index (χ2n) is 4.80. The van der Waals surface area contributed by atoms with Crippen molar-refractivity contribution in [3.05, 3.63) is 0 Å². The van der Waals surface area contributed by atoms with Crippen molar-refractivity contribution in [1.29, 1.82) is 0 Å². The highest BCUT2D eigenvalue weighted by Gasteiger charge is 2.57. The van der Waals surface area contributed by atoms with Gasteiger partial charge in [-0.15, -0.1) is 0 Å². The van der Waals surface area contributed by atoms with Crippen molar-refractivity contribution < 1.29 is 0 Å². The molecule has 1 nitrogen and oxygen atoms in total. The standard InChI is InChI=1S/C10H17N/c1-11-9-4-2-3-8(9)7-10(11)5-6-10/h8-9H,2-7H2,1H3. The highest BCUT2D eigenvalue weighted by molar-refractivity contribution is 5.13. The van der Waals surface area contributed by atoms with Crippen LogP contribution < -0.4 is 0 Å². The molecule has 0 amide bonds. The van der Waals surface area contributed by atoms with Gasteiger partial charge in [-0.25, -0.2) is 0 Å². The highest BCUT2D eigenvalue weighted by Crippen LogP contribution is 2.56.